The van der Waals surface area contributed by atoms with Gasteiger partial charge in [-0.2, -0.15) is 0 Å². The van der Waals surface area contributed by atoms with Crippen LogP contribution in [-0.2, 0) is 11.2 Å². The third-order valence-corrected chi connectivity index (χ3v) is 4.32. The summed E-state index contributed by atoms with van der Waals surface area (Å²) in [6, 6.07) is 11.3. The van der Waals surface area contributed by atoms with Gasteiger partial charge in [0, 0.05) is 11.6 Å². The Hall–Kier alpha value is -2.73. The van der Waals surface area contributed by atoms with Crippen LogP contribution >= 0.6 is 11.3 Å². The number of carbonyl (C=O) groups excluding carboxylic acids is 1. The van der Waals surface area contributed by atoms with E-state index in [2.05, 4.69) is 15.3 Å². The number of benzene rings is 1. The number of ether oxygens (including phenoxy) is 1. The molecule has 5 nitrogen and oxygen atoms in total. The number of rotatable bonds is 5. The first-order valence-electron chi connectivity index (χ1n) is 7.46. The van der Waals surface area contributed by atoms with E-state index in [4.69, 9.17) is 4.74 Å². The highest BCUT2D eigenvalue weighted by Crippen LogP contribution is 2.26. The number of carbonyl (C=O) groups is 1. The summed E-state index contributed by atoms with van der Waals surface area (Å²) in [5, 5.41) is 5.58. The number of hydrogen-bond donors (Lipinski definition) is 1. The third-order valence-electron chi connectivity index (χ3n) is 3.41. The monoisotopic (exact) mass is 339 g/mol. The van der Waals surface area contributed by atoms with E-state index in [0.717, 1.165) is 22.0 Å². The van der Waals surface area contributed by atoms with E-state index in [-0.39, 0.29) is 12.3 Å². The van der Waals surface area contributed by atoms with Gasteiger partial charge in [-0.3, -0.25) is 9.78 Å². The number of pyridine rings is 1. The second-order valence-corrected chi connectivity index (χ2v) is 6.15. The average molecular weight is 339 g/mol. The molecule has 0 aliphatic carbocycles. The highest BCUT2D eigenvalue weighted by atomic mass is 32.1. The van der Waals surface area contributed by atoms with Gasteiger partial charge >= 0.3 is 0 Å². The molecule has 0 unspecified atom stereocenters. The normalized spacial score (nSPS) is 10.4. The zero-order valence-corrected chi connectivity index (χ0v) is 14.3. The van der Waals surface area contributed by atoms with Crippen molar-refractivity contribution in [2.75, 3.05) is 12.4 Å². The molecular weight excluding hydrogens is 322 g/mol. The van der Waals surface area contributed by atoms with Crippen LogP contribution in [0.1, 0.15) is 11.3 Å². The third kappa shape index (κ3) is 3.78. The molecule has 0 spiro atoms. The molecule has 0 aliphatic heterocycles. The minimum atomic E-state index is -0.128. The molecule has 3 rings (SSSR count). The van der Waals surface area contributed by atoms with Crippen molar-refractivity contribution >= 4 is 22.9 Å². The second kappa shape index (κ2) is 7.23. The largest absolute Gasteiger partial charge is 0.495 e. The van der Waals surface area contributed by atoms with Crippen LogP contribution in [0.4, 0.5) is 5.69 Å². The van der Waals surface area contributed by atoms with Crippen LogP contribution in [0.15, 0.2) is 48.0 Å². The topological polar surface area (TPSA) is 64.1 Å². The van der Waals surface area contributed by atoms with Gasteiger partial charge in [0.15, 0.2) is 0 Å². The Kier molecular flexibility index (Phi) is 4.86. The molecule has 1 amide bonds. The highest BCUT2D eigenvalue weighted by molar-refractivity contribution is 7.13. The van der Waals surface area contributed by atoms with Gasteiger partial charge in [-0.1, -0.05) is 12.1 Å². The lowest BCUT2D eigenvalue weighted by molar-refractivity contribution is -0.115. The van der Waals surface area contributed by atoms with E-state index < -0.39 is 0 Å². The molecule has 2 aromatic heterocycles. The van der Waals surface area contributed by atoms with Crippen molar-refractivity contribution in [3.05, 3.63) is 59.2 Å². The van der Waals surface area contributed by atoms with Crippen LogP contribution in [0.2, 0.25) is 0 Å². The van der Waals surface area contributed by atoms with Crippen molar-refractivity contribution in [2.45, 2.75) is 13.3 Å². The lowest BCUT2D eigenvalue weighted by Crippen LogP contribution is -2.15. The van der Waals surface area contributed by atoms with E-state index in [9.17, 15) is 4.79 Å². The number of aromatic nitrogens is 2. The Balaban J connectivity index is 1.70. The van der Waals surface area contributed by atoms with E-state index in [1.807, 2.05) is 48.7 Å². The summed E-state index contributed by atoms with van der Waals surface area (Å²) in [4.78, 5) is 21.0. The molecule has 24 heavy (non-hydrogen) atoms. The number of amides is 1. The summed E-state index contributed by atoms with van der Waals surface area (Å²) in [5.74, 6) is 0.512. The van der Waals surface area contributed by atoms with Gasteiger partial charge in [0.05, 0.1) is 30.6 Å². The SMILES string of the molecule is COc1ccc(C)cc1NC(=O)Cc1csc(-c2ccccn2)n1. The Bertz CT molecular complexity index is 846. The summed E-state index contributed by atoms with van der Waals surface area (Å²) in [5.41, 5.74) is 3.26. The van der Waals surface area contributed by atoms with Crippen LogP contribution in [0, 0.1) is 6.92 Å². The maximum absolute atomic E-state index is 12.3. The van der Waals surface area contributed by atoms with Gasteiger partial charge in [0.1, 0.15) is 10.8 Å². The van der Waals surface area contributed by atoms with Crippen molar-refractivity contribution in [1.82, 2.24) is 9.97 Å². The van der Waals surface area contributed by atoms with Crippen molar-refractivity contribution < 1.29 is 9.53 Å². The zero-order valence-electron chi connectivity index (χ0n) is 13.4. The fourth-order valence-corrected chi connectivity index (χ4v) is 3.07. The van der Waals surface area contributed by atoms with Gasteiger partial charge in [0.2, 0.25) is 5.91 Å². The van der Waals surface area contributed by atoms with Gasteiger partial charge in [0.25, 0.3) is 0 Å². The molecule has 1 aromatic carbocycles. The Morgan fingerprint density at radius 3 is 2.92 bits per heavy atom. The van der Waals surface area contributed by atoms with Crippen LogP contribution < -0.4 is 10.1 Å². The fraction of sp³-hybridized carbons (Fsp3) is 0.167. The van der Waals surface area contributed by atoms with Gasteiger partial charge < -0.3 is 10.1 Å². The number of hydrogen-bond acceptors (Lipinski definition) is 5. The fourth-order valence-electron chi connectivity index (χ4n) is 2.27. The lowest BCUT2D eigenvalue weighted by atomic mass is 10.2. The molecule has 2 heterocycles. The van der Waals surface area contributed by atoms with Crippen molar-refractivity contribution in [2.24, 2.45) is 0 Å². The van der Waals surface area contributed by atoms with E-state index in [1.165, 1.54) is 11.3 Å². The maximum Gasteiger partial charge on any atom is 0.230 e. The maximum atomic E-state index is 12.3. The molecule has 122 valence electrons. The number of nitrogens with zero attached hydrogens (tertiary/aromatic N) is 2. The molecule has 0 fully saturated rings. The molecule has 0 bridgehead atoms. The second-order valence-electron chi connectivity index (χ2n) is 5.29. The van der Waals surface area contributed by atoms with Gasteiger partial charge in [-0.05, 0) is 36.8 Å². The van der Waals surface area contributed by atoms with Crippen LogP contribution in [0.25, 0.3) is 10.7 Å². The molecule has 0 saturated carbocycles. The summed E-state index contributed by atoms with van der Waals surface area (Å²) in [6.45, 7) is 1.97. The molecule has 1 N–H and O–H groups in total. The minimum absolute atomic E-state index is 0.128. The standard InChI is InChI=1S/C18H17N3O2S/c1-12-6-7-16(23-2)15(9-12)21-17(22)10-13-11-24-18(20-13)14-5-3-4-8-19-14/h3-9,11H,10H2,1-2H3,(H,21,22). The molecule has 0 radical (unpaired) electrons. The summed E-state index contributed by atoms with van der Waals surface area (Å²) in [7, 11) is 1.58. The molecule has 0 saturated heterocycles. The first kappa shape index (κ1) is 16.1. The molecule has 0 aliphatic rings. The smallest absolute Gasteiger partial charge is 0.230 e. The Morgan fingerprint density at radius 2 is 2.17 bits per heavy atom. The van der Waals surface area contributed by atoms with Crippen molar-refractivity contribution in [3.8, 4) is 16.5 Å². The molecular formula is C18H17N3O2S. The Labute approximate surface area is 144 Å². The highest BCUT2D eigenvalue weighted by Gasteiger charge is 2.12. The molecule has 0 atom stereocenters. The van der Waals surface area contributed by atoms with E-state index in [0.29, 0.717) is 11.4 Å². The van der Waals surface area contributed by atoms with Gasteiger partial charge in [-0.25, -0.2) is 4.98 Å². The number of aryl methyl sites for hydroxylation is 1. The Morgan fingerprint density at radius 1 is 1.29 bits per heavy atom. The first-order chi connectivity index (χ1) is 11.7. The lowest BCUT2D eigenvalue weighted by Gasteiger charge is -2.10. The predicted molar refractivity (Wildman–Crippen MR) is 95.4 cm³/mol. The van der Waals surface area contributed by atoms with Crippen LogP contribution in [0.5, 0.6) is 5.75 Å². The zero-order chi connectivity index (χ0) is 16.9. The predicted octanol–water partition coefficient (Wildman–Crippen LogP) is 3.70. The molecule has 6 heteroatoms. The van der Waals surface area contributed by atoms with Crippen molar-refractivity contribution in [1.29, 1.82) is 0 Å². The number of anilines is 1. The summed E-state index contributed by atoms with van der Waals surface area (Å²) >= 11 is 1.48. The van der Waals surface area contributed by atoms with E-state index in [1.54, 1.807) is 13.3 Å². The van der Waals surface area contributed by atoms with Crippen LogP contribution in [-0.4, -0.2) is 23.0 Å². The number of thiazole rings is 1. The van der Waals surface area contributed by atoms with Crippen molar-refractivity contribution in [3.63, 3.8) is 0 Å². The van der Waals surface area contributed by atoms with Gasteiger partial charge in [-0.15, -0.1) is 11.3 Å². The minimum Gasteiger partial charge on any atom is -0.495 e. The van der Waals surface area contributed by atoms with Crippen LogP contribution in [0.3, 0.4) is 0 Å². The first-order valence-corrected chi connectivity index (χ1v) is 8.34. The average Bonchev–Trinajstić information content (AvgIpc) is 3.04. The summed E-state index contributed by atoms with van der Waals surface area (Å²) in [6.07, 6.45) is 1.94. The summed E-state index contributed by atoms with van der Waals surface area (Å²) < 4.78 is 5.28. The molecule has 3 aromatic rings. The number of methoxy groups -OCH3 is 1. The van der Waals surface area contributed by atoms with E-state index >= 15 is 0 Å². The number of nitrogens with one attached hydrogen (secondary N) is 1. The quantitative estimate of drug-likeness (QED) is 0.770.